The van der Waals surface area contributed by atoms with Gasteiger partial charge in [0.15, 0.2) is 0 Å². The molecule has 0 aromatic carbocycles. The first-order valence-corrected chi connectivity index (χ1v) is 4.60. The molecule has 0 aliphatic heterocycles. The lowest BCUT2D eigenvalue weighted by atomic mass is 10.2. The largest absolute Gasteiger partial charge is 0.266 e. The van der Waals surface area contributed by atoms with Gasteiger partial charge in [0.25, 0.3) is 0 Å². The standard InChI is InChI=1S/C11H13N3/c1-8-4-5-10(12-7-8)11-6-9(2)13-14(11)3/h4-7H,1-3H3. The lowest BCUT2D eigenvalue weighted by molar-refractivity contribution is 0.762. The summed E-state index contributed by atoms with van der Waals surface area (Å²) in [6.07, 6.45) is 1.87. The van der Waals surface area contributed by atoms with Crippen LogP contribution in [0.15, 0.2) is 24.4 Å². The Kier molecular flexibility index (Phi) is 2.08. The summed E-state index contributed by atoms with van der Waals surface area (Å²) in [5.41, 5.74) is 4.22. The third kappa shape index (κ3) is 1.53. The van der Waals surface area contributed by atoms with Gasteiger partial charge < -0.3 is 0 Å². The number of hydrogen-bond acceptors (Lipinski definition) is 2. The van der Waals surface area contributed by atoms with Crippen LogP contribution in [0, 0.1) is 13.8 Å². The maximum atomic E-state index is 4.36. The van der Waals surface area contributed by atoms with Gasteiger partial charge in [0.1, 0.15) is 0 Å². The van der Waals surface area contributed by atoms with E-state index in [9.17, 15) is 0 Å². The van der Waals surface area contributed by atoms with E-state index in [1.54, 1.807) is 0 Å². The molecule has 0 saturated heterocycles. The molecule has 0 aliphatic carbocycles. The Morgan fingerprint density at radius 1 is 1.21 bits per heavy atom. The van der Waals surface area contributed by atoms with Gasteiger partial charge in [0, 0.05) is 13.2 Å². The van der Waals surface area contributed by atoms with E-state index < -0.39 is 0 Å². The minimum atomic E-state index is 0.971. The van der Waals surface area contributed by atoms with E-state index >= 15 is 0 Å². The molecule has 0 amide bonds. The molecule has 0 fully saturated rings. The monoisotopic (exact) mass is 187 g/mol. The first kappa shape index (κ1) is 8.94. The highest BCUT2D eigenvalue weighted by Crippen LogP contribution is 2.16. The number of aromatic nitrogens is 3. The van der Waals surface area contributed by atoms with E-state index in [1.807, 2.05) is 43.9 Å². The SMILES string of the molecule is Cc1ccc(-c2cc(C)nn2C)nc1. The smallest absolute Gasteiger partial charge is 0.0883 e. The number of aryl methyl sites for hydroxylation is 3. The Bertz CT molecular complexity index is 440. The van der Waals surface area contributed by atoms with Crippen LogP contribution in [0.4, 0.5) is 0 Å². The highest BCUT2D eigenvalue weighted by atomic mass is 15.3. The molecular formula is C11H13N3. The van der Waals surface area contributed by atoms with Gasteiger partial charge in [-0.2, -0.15) is 5.10 Å². The van der Waals surface area contributed by atoms with Crippen LogP contribution >= 0.6 is 0 Å². The third-order valence-electron chi connectivity index (χ3n) is 2.18. The highest BCUT2D eigenvalue weighted by Gasteiger charge is 2.05. The zero-order valence-electron chi connectivity index (χ0n) is 8.65. The van der Waals surface area contributed by atoms with Crippen molar-refractivity contribution in [3.8, 4) is 11.4 Å². The van der Waals surface area contributed by atoms with Crippen molar-refractivity contribution in [3.05, 3.63) is 35.7 Å². The molecule has 0 saturated carbocycles. The van der Waals surface area contributed by atoms with Crippen molar-refractivity contribution in [2.24, 2.45) is 7.05 Å². The maximum absolute atomic E-state index is 4.36. The zero-order chi connectivity index (χ0) is 10.1. The molecule has 72 valence electrons. The Labute approximate surface area is 83.4 Å². The van der Waals surface area contributed by atoms with Crippen molar-refractivity contribution in [3.63, 3.8) is 0 Å². The van der Waals surface area contributed by atoms with E-state index in [-0.39, 0.29) is 0 Å². The number of nitrogens with zero attached hydrogens (tertiary/aromatic N) is 3. The van der Waals surface area contributed by atoms with Gasteiger partial charge in [-0.1, -0.05) is 6.07 Å². The van der Waals surface area contributed by atoms with Crippen LogP contribution in [0.25, 0.3) is 11.4 Å². The van der Waals surface area contributed by atoms with Gasteiger partial charge in [-0.3, -0.25) is 9.67 Å². The van der Waals surface area contributed by atoms with E-state index in [4.69, 9.17) is 0 Å². The van der Waals surface area contributed by atoms with Crippen LogP contribution in [0.1, 0.15) is 11.3 Å². The summed E-state index contributed by atoms with van der Waals surface area (Å²) in [4.78, 5) is 4.36. The molecule has 0 bridgehead atoms. The van der Waals surface area contributed by atoms with Crippen molar-refractivity contribution in [2.45, 2.75) is 13.8 Å². The topological polar surface area (TPSA) is 30.7 Å². The fourth-order valence-electron chi connectivity index (χ4n) is 1.47. The number of hydrogen-bond donors (Lipinski definition) is 0. The van der Waals surface area contributed by atoms with Crippen molar-refractivity contribution >= 4 is 0 Å². The quantitative estimate of drug-likeness (QED) is 0.684. The average molecular weight is 187 g/mol. The van der Waals surface area contributed by atoms with Gasteiger partial charge in [-0.25, -0.2) is 0 Å². The Morgan fingerprint density at radius 2 is 2.00 bits per heavy atom. The van der Waals surface area contributed by atoms with Crippen LogP contribution < -0.4 is 0 Å². The normalized spacial score (nSPS) is 10.5. The lowest BCUT2D eigenvalue weighted by Gasteiger charge is -2.00. The van der Waals surface area contributed by atoms with E-state index in [2.05, 4.69) is 16.1 Å². The molecule has 3 heteroatoms. The van der Waals surface area contributed by atoms with Crippen molar-refractivity contribution in [2.75, 3.05) is 0 Å². The minimum absolute atomic E-state index is 0.971. The summed E-state index contributed by atoms with van der Waals surface area (Å²) >= 11 is 0. The molecule has 0 unspecified atom stereocenters. The van der Waals surface area contributed by atoms with Crippen molar-refractivity contribution in [1.82, 2.24) is 14.8 Å². The first-order chi connectivity index (χ1) is 6.66. The summed E-state index contributed by atoms with van der Waals surface area (Å²) in [6.45, 7) is 4.02. The van der Waals surface area contributed by atoms with Crippen LogP contribution in [-0.2, 0) is 7.05 Å². The molecule has 0 N–H and O–H groups in total. The summed E-state index contributed by atoms with van der Waals surface area (Å²) in [5.74, 6) is 0. The Balaban J connectivity index is 2.49. The van der Waals surface area contributed by atoms with Crippen LogP contribution in [0.3, 0.4) is 0 Å². The highest BCUT2D eigenvalue weighted by molar-refractivity contribution is 5.54. The molecular weight excluding hydrogens is 174 g/mol. The molecule has 0 radical (unpaired) electrons. The Morgan fingerprint density at radius 3 is 2.50 bits per heavy atom. The molecule has 2 aromatic rings. The van der Waals surface area contributed by atoms with Crippen molar-refractivity contribution < 1.29 is 0 Å². The summed E-state index contributed by atoms with van der Waals surface area (Å²) in [6, 6.07) is 6.12. The second-order valence-corrected chi connectivity index (χ2v) is 3.52. The zero-order valence-corrected chi connectivity index (χ0v) is 8.65. The van der Waals surface area contributed by atoms with E-state index in [0.29, 0.717) is 0 Å². The van der Waals surface area contributed by atoms with Crippen LogP contribution in [0.5, 0.6) is 0 Å². The van der Waals surface area contributed by atoms with Gasteiger partial charge in [-0.05, 0) is 31.5 Å². The molecule has 2 aromatic heterocycles. The minimum Gasteiger partial charge on any atom is -0.266 e. The predicted molar refractivity (Wildman–Crippen MR) is 55.9 cm³/mol. The van der Waals surface area contributed by atoms with Gasteiger partial charge in [0.05, 0.1) is 17.1 Å². The van der Waals surface area contributed by atoms with Gasteiger partial charge in [0.2, 0.25) is 0 Å². The average Bonchev–Trinajstić information content (AvgIpc) is 2.47. The molecule has 0 aliphatic rings. The predicted octanol–water partition coefficient (Wildman–Crippen LogP) is 2.10. The summed E-state index contributed by atoms with van der Waals surface area (Å²) in [5, 5.41) is 4.29. The molecule has 14 heavy (non-hydrogen) atoms. The lowest BCUT2D eigenvalue weighted by Crippen LogP contribution is -1.95. The van der Waals surface area contributed by atoms with Crippen LogP contribution in [-0.4, -0.2) is 14.8 Å². The van der Waals surface area contributed by atoms with Crippen molar-refractivity contribution in [1.29, 1.82) is 0 Å². The fourth-order valence-corrected chi connectivity index (χ4v) is 1.47. The van der Waals surface area contributed by atoms with Gasteiger partial charge >= 0.3 is 0 Å². The summed E-state index contributed by atoms with van der Waals surface area (Å²) < 4.78 is 1.85. The van der Waals surface area contributed by atoms with Gasteiger partial charge in [-0.15, -0.1) is 0 Å². The molecule has 3 nitrogen and oxygen atoms in total. The summed E-state index contributed by atoms with van der Waals surface area (Å²) in [7, 11) is 1.93. The molecule has 2 rings (SSSR count). The van der Waals surface area contributed by atoms with E-state index in [1.165, 1.54) is 5.56 Å². The second kappa shape index (κ2) is 3.25. The number of pyridine rings is 1. The van der Waals surface area contributed by atoms with Crippen LogP contribution in [0.2, 0.25) is 0 Å². The second-order valence-electron chi connectivity index (χ2n) is 3.52. The third-order valence-corrected chi connectivity index (χ3v) is 2.18. The molecule has 0 spiro atoms. The van der Waals surface area contributed by atoms with E-state index in [0.717, 1.165) is 17.1 Å². The molecule has 0 atom stereocenters. The first-order valence-electron chi connectivity index (χ1n) is 4.60. The Hall–Kier alpha value is -1.64. The number of rotatable bonds is 1. The maximum Gasteiger partial charge on any atom is 0.0883 e. The molecule has 2 heterocycles. The fraction of sp³-hybridized carbons (Fsp3) is 0.273.